The fourth-order valence-corrected chi connectivity index (χ4v) is 2.80. The van der Waals surface area contributed by atoms with Crippen LogP contribution >= 0.6 is 15.9 Å². The van der Waals surface area contributed by atoms with Gasteiger partial charge in [0.25, 0.3) is 0 Å². The summed E-state index contributed by atoms with van der Waals surface area (Å²) in [5, 5.41) is 0. The summed E-state index contributed by atoms with van der Waals surface area (Å²) in [6, 6.07) is 15.6. The van der Waals surface area contributed by atoms with Gasteiger partial charge in [0.15, 0.2) is 0 Å². The van der Waals surface area contributed by atoms with Crippen LogP contribution in [0.3, 0.4) is 0 Å². The van der Waals surface area contributed by atoms with Gasteiger partial charge in [-0.05, 0) is 60.8 Å². The van der Waals surface area contributed by atoms with Gasteiger partial charge in [-0.25, -0.2) is 4.79 Å². The van der Waals surface area contributed by atoms with E-state index >= 15 is 0 Å². The highest BCUT2D eigenvalue weighted by atomic mass is 79.9. The summed E-state index contributed by atoms with van der Waals surface area (Å²) in [6.45, 7) is 6.09. The number of hydrogen-bond donors (Lipinski definition) is 0. The van der Waals surface area contributed by atoms with Gasteiger partial charge in [0, 0.05) is 17.1 Å². The summed E-state index contributed by atoms with van der Waals surface area (Å²) in [4.78, 5) is 14.4. The van der Waals surface area contributed by atoms with Crippen molar-refractivity contribution in [3.8, 4) is 5.75 Å². The third-order valence-corrected chi connectivity index (χ3v) is 4.20. The highest BCUT2D eigenvalue weighted by molar-refractivity contribution is 9.10. The first-order chi connectivity index (χ1) is 11.8. The van der Waals surface area contributed by atoms with Crippen LogP contribution in [0.1, 0.15) is 33.8 Å². The smallest absolute Gasteiger partial charge is 0.414 e. The molecule has 0 saturated carbocycles. The lowest BCUT2D eigenvalue weighted by molar-refractivity contribution is 0.0580. The Bertz CT molecular complexity index is 711. The maximum absolute atomic E-state index is 12.8. The fourth-order valence-electron chi connectivity index (χ4n) is 2.34. The summed E-state index contributed by atoms with van der Waals surface area (Å²) in [5.74, 6) is 0.687. The summed E-state index contributed by atoms with van der Waals surface area (Å²) in [7, 11) is 1.61. The number of nitrogens with zero attached hydrogens (tertiary/aromatic N) is 1. The van der Waals surface area contributed by atoms with E-state index in [9.17, 15) is 4.79 Å². The second kappa shape index (κ2) is 9.62. The average Bonchev–Trinajstić information content (AvgIpc) is 2.56. The number of anilines is 1. The maximum Gasteiger partial charge on any atom is 0.414 e. The predicted molar refractivity (Wildman–Crippen MR) is 111 cm³/mol. The molecule has 0 spiro atoms. The summed E-state index contributed by atoms with van der Waals surface area (Å²) in [5.41, 5.74) is 1.33. The Hall–Kier alpha value is -2.01. The number of amides is 1. The summed E-state index contributed by atoms with van der Waals surface area (Å²) >= 11 is 3.53. The molecule has 1 amide bonds. The second-order valence-electron chi connectivity index (χ2n) is 6.68. The Morgan fingerprint density at radius 3 is 2.35 bits per heavy atom. The first kappa shape index (κ1) is 22.0. The van der Waals surface area contributed by atoms with E-state index in [0.717, 1.165) is 22.1 Å². The lowest BCUT2D eigenvalue weighted by Gasteiger charge is -2.28. The predicted octanol–water partition coefficient (Wildman–Crippen LogP) is 6.08. The molecule has 0 radical (unpaired) electrons. The van der Waals surface area contributed by atoms with Crippen molar-refractivity contribution in [3.05, 3.63) is 58.6 Å². The lowest BCUT2D eigenvalue weighted by atomic mass is 10.1. The molecule has 0 N–H and O–H groups in total. The van der Waals surface area contributed by atoms with Crippen LogP contribution in [0.4, 0.5) is 10.5 Å². The molecule has 0 aliphatic rings. The Kier molecular flexibility index (Phi) is 8.15. The molecule has 0 unspecified atom stereocenters. The Morgan fingerprint density at radius 1 is 1.12 bits per heavy atom. The van der Waals surface area contributed by atoms with Crippen molar-refractivity contribution in [1.29, 1.82) is 0 Å². The van der Waals surface area contributed by atoms with Gasteiger partial charge in [-0.2, -0.15) is 0 Å². The van der Waals surface area contributed by atoms with Crippen LogP contribution in [0.25, 0.3) is 0 Å². The van der Waals surface area contributed by atoms with Gasteiger partial charge in [0.1, 0.15) is 11.4 Å². The topological polar surface area (TPSA) is 38.8 Å². The van der Waals surface area contributed by atoms with E-state index in [1.807, 2.05) is 69.3 Å². The average molecular weight is 422 g/mol. The van der Waals surface area contributed by atoms with Crippen molar-refractivity contribution in [2.75, 3.05) is 18.6 Å². The van der Waals surface area contributed by atoms with Crippen LogP contribution in [0, 0.1) is 0 Å². The zero-order valence-electron chi connectivity index (χ0n) is 15.1. The number of ether oxygens (including phenoxy) is 2. The minimum atomic E-state index is -0.562. The number of methoxy groups -OCH3 is 1. The highest BCUT2D eigenvalue weighted by Gasteiger charge is 2.25. The SMILES string of the molecule is C.COc1ccc(Br)c(N(CCc2ccccc2)C(=O)OC(C)(C)C)c1. The molecule has 2 aromatic rings. The van der Waals surface area contributed by atoms with Crippen molar-refractivity contribution in [2.45, 2.75) is 40.2 Å². The molecule has 0 fully saturated rings. The molecule has 0 aliphatic carbocycles. The van der Waals surface area contributed by atoms with Crippen LogP contribution in [0.2, 0.25) is 0 Å². The Balaban J connectivity index is 0.00000338. The van der Waals surface area contributed by atoms with E-state index in [1.54, 1.807) is 12.0 Å². The molecule has 0 heterocycles. The molecule has 0 aliphatic heterocycles. The van der Waals surface area contributed by atoms with E-state index in [4.69, 9.17) is 9.47 Å². The molecular weight excluding hydrogens is 394 g/mol. The van der Waals surface area contributed by atoms with Crippen molar-refractivity contribution >= 4 is 27.7 Å². The van der Waals surface area contributed by atoms with Gasteiger partial charge >= 0.3 is 6.09 Å². The van der Waals surface area contributed by atoms with Gasteiger partial charge in [-0.15, -0.1) is 0 Å². The number of halogens is 1. The highest BCUT2D eigenvalue weighted by Crippen LogP contribution is 2.31. The van der Waals surface area contributed by atoms with E-state index in [-0.39, 0.29) is 13.5 Å². The van der Waals surface area contributed by atoms with Crippen molar-refractivity contribution in [2.24, 2.45) is 0 Å². The Morgan fingerprint density at radius 2 is 1.77 bits per heavy atom. The standard InChI is InChI=1S/C20H24BrNO3.CH4/c1-20(2,3)25-19(23)22(13-12-15-8-6-5-7-9-15)18-14-16(24-4)10-11-17(18)21;/h5-11,14H,12-13H2,1-4H3;1H4. The second-order valence-corrected chi connectivity index (χ2v) is 7.54. The van der Waals surface area contributed by atoms with E-state index in [2.05, 4.69) is 15.9 Å². The lowest BCUT2D eigenvalue weighted by Crippen LogP contribution is -2.38. The van der Waals surface area contributed by atoms with Gasteiger partial charge < -0.3 is 9.47 Å². The van der Waals surface area contributed by atoms with Gasteiger partial charge in [0.2, 0.25) is 0 Å². The fraction of sp³-hybridized carbons (Fsp3) is 0.381. The zero-order chi connectivity index (χ0) is 18.4. The molecule has 0 saturated heterocycles. The van der Waals surface area contributed by atoms with Gasteiger partial charge in [-0.3, -0.25) is 4.90 Å². The molecule has 26 heavy (non-hydrogen) atoms. The summed E-state index contributed by atoms with van der Waals surface area (Å²) in [6.07, 6.45) is 0.349. The molecule has 0 bridgehead atoms. The largest absolute Gasteiger partial charge is 0.497 e. The first-order valence-corrected chi connectivity index (χ1v) is 8.97. The van der Waals surface area contributed by atoms with Crippen LogP contribution < -0.4 is 9.64 Å². The monoisotopic (exact) mass is 421 g/mol. The maximum atomic E-state index is 12.8. The third-order valence-electron chi connectivity index (χ3n) is 3.52. The van der Waals surface area contributed by atoms with Crippen LogP contribution in [0.15, 0.2) is 53.0 Å². The van der Waals surface area contributed by atoms with Crippen LogP contribution in [-0.2, 0) is 11.2 Å². The quantitative estimate of drug-likeness (QED) is 0.586. The summed E-state index contributed by atoms with van der Waals surface area (Å²) < 4.78 is 11.7. The number of carbonyl (C=O) groups excluding carboxylic acids is 1. The van der Waals surface area contributed by atoms with E-state index in [0.29, 0.717) is 12.3 Å². The molecule has 0 aromatic heterocycles. The van der Waals surface area contributed by atoms with Crippen molar-refractivity contribution in [1.82, 2.24) is 0 Å². The number of benzene rings is 2. The molecule has 5 heteroatoms. The molecular formula is C21H28BrNO3. The minimum absolute atomic E-state index is 0. The molecule has 4 nitrogen and oxygen atoms in total. The van der Waals surface area contributed by atoms with Crippen LogP contribution in [0.5, 0.6) is 5.75 Å². The zero-order valence-corrected chi connectivity index (χ0v) is 16.7. The molecule has 2 rings (SSSR count). The van der Waals surface area contributed by atoms with Gasteiger partial charge in [-0.1, -0.05) is 37.8 Å². The Labute approximate surface area is 165 Å². The number of carbonyl (C=O) groups is 1. The first-order valence-electron chi connectivity index (χ1n) is 8.18. The number of hydrogen-bond acceptors (Lipinski definition) is 3. The van der Waals surface area contributed by atoms with E-state index < -0.39 is 5.60 Å². The normalized spacial score (nSPS) is 10.7. The molecule has 142 valence electrons. The number of rotatable bonds is 5. The van der Waals surface area contributed by atoms with Gasteiger partial charge in [0.05, 0.1) is 12.8 Å². The molecule has 2 aromatic carbocycles. The third kappa shape index (κ3) is 6.37. The van der Waals surface area contributed by atoms with Crippen molar-refractivity contribution in [3.63, 3.8) is 0 Å². The van der Waals surface area contributed by atoms with E-state index in [1.165, 1.54) is 0 Å². The van der Waals surface area contributed by atoms with Crippen molar-refractivity contribution < 1.29 is 14.3 Å². The molecule has 0 atom stereocenters. The van der Waals surface area contributed by atoms with Crippen LogP contribution in [-0.4, -0.2) is 25.3 Å². The minimum Gasteiger partial charge on any atom is -0.497 e.